The number of piperazine rings is 1. The molecule has 1 N–H and O–H groups in total. The molecule has 0 spiro atoms. The Morgan fingerprint density at radius 3 is 2.64 bits per heavy atom. The Bertz CT molecular complexity index is 1090. The van der Waals surface area contributed by atoms with Crippen LogP contribution in [0.4, 0.5) is 11.4 Å². The average Bonchev–Trinajstić information content (AvgIpc) is 3.28. The number of nitro benzene ring substituents is 1. The van der Waals surface area contributed by atoms with Crippen LogP contribution in [0.5, 0.6) is 0 Å². The fourth-order valence-electron chi connectivity index (χ4n) is 4.38. The van der Waals surface area contributed by atoms with Crippen LogP contribution in [0.2, 0.25) is 0 Å². The van der Waals surface area contributed by atoms with E-state index >= 15 is 0 Å². The number of aryl methyl sites for hydroxylation is 2. The van der Waals surface area contributed by atoms with Gasteiger partial charge in [0.25, 0.3) is 5.69 Å². The third kappa shape index (κ3) is 5.77. The number of nitrogens with zero attached hydrogens (tertiary/aromatic N) is 4. The molecule has 0 amide bonds. The van der Waals surface area contributed by atoms with Crippen LogP contribution in [-0.2, 0) is 6.54 Å². The van der Waals surface area contributed by atoms with Gasteiger partial charge < -0.3 is 14.7 Å². The van der Waals surface area contributed by atoms with Crippen LogP contribution in [0.3, 0.4) is 0 Å². The Hall–Kier alpha value is -3.23. The minimum Gasteiger partial charge on any atom is -0.369 e. The lowest BCUT2D eigenvalue weighted by molar-refractivity contribution is -0.384. The minimum absolute atomic E-state index is 0.0305. The normalized spacial score (nSPS) is 14.5. The van der Waals surface area contributed by atoms with Crippen molar-refractivity contribution in [2.45, 2.75) is 26.8 Å². The zero-order valence-electron chi connectivity index (χ0n) is 19.3. The monoisotopic (exact) mass is 449 g/mol. The van der Waals surface area contributed by atoms with E-state index in [1.54, 1.807) is 24.3 Å². The van der Waals surface area contributed by atoms with Crippen LogP contribution in [0.1, 0.15) is 23.3 Å². The third-order valence-electron chi connectivity index (χ3n) is 6.13. The predicted molar refractivity (Wildman–Crippen MR) is 129 cm³/mol. The average molecular weight is 450 g/mol. The van der Waals surface area contributed by atoms with E-state index in [2.05, 4.69) is 52.3 Å². The van der Waals surface area contributed by atoms with Gasteiger partial charge in [0.1, 0.15) is 5.69 Å². The summed E-state index contributed by atoms with van der Waals surface area (Å²) in [7, 11) is 0. The number of nitro groups is 1. The maximum absolute atomic E-state index is 11.2. The summed E-state index contributed by atoms with van der Waals surface area (Å²) in [4.78, 5) is 15.8. The van der Waals surface area contributed by atoms with Crippen LogP contribution in [-0.4, -0.2) is 54.2 Å². The molecule has 0 saturated carbocycles. The van der Waals surface area contributed by atoms with Crippen LogP contribution >= 0.6 is 0 Å². The molecule has 0 atom stereocenters. The van der Waals surface area contributed by atoms with Crippen LogP contribution in [0.15, 0.2) is 53.1 Å². The van der Waals surface area contributed by atoms with Crippen molar-refractivity contribution < 1.29 is 9.45 Å². The molecular formula is C25H31N5O3. The number of hydrogen-bond acceptors (Lipinski definition) is 7. The number of benzene rings is 2. The second-order valence-corrected chi connectivity index (χ2v) is 8.60. The van der Waals surface area contributed by atoms with Gasteiger partial charge in [-0.1, -0.05) is 35.0 Å². The van der Waals surface area contributed by atoms with Gasteiger partial charge in [0, 0.05) is 44.0 Å². The van der Waals surface area contributed by atoms with Crippen molar-refractivity contribution in [3.05, 3.63) is 75.5 Å². The van der Waals surface area contributed by atoms with Gasteiger partial charge in [-0.05, 0) is 51.1 Å². The van der Waals surface area contributed by atoms with Crippen molar-refractivity contribution in [3.8, 4) is 11.3 Å². The first-order valence-corrected chi connectivity index (χ1v) is 11.5. The van der Waals surface area contributed by atoms with E-state index in [0.717, 1.165) is 45.7 Å². The number of aromatic nitrogens is 1. The molecule has 0 radical (unpaired) electrons. The number of hydrogen-bond donors (Lipinski definition) is 1. The molecule has 174 valence electrons. The van der Waals surface area contributed by atoms with E-state index in [1.165, 1.54) is 22.9 Å². The van der Waals surface area contributed by atoms with Crippen molar-refractivity contribution in [3.63, 3.8) is 0 Å². The molecule has 0 aliphatic carbocycles. The van der Waals surface area contributed by atoms with E-state index in [1.807, 2.05) is 0 Å². The SMILES string of the molecule is Cc1ccc(N2CCN(CCCNCc3cc(-c4ccccc4[N+](=O)[O-])no3)CC2)c(C)c1. The molecule has 0 unspecified atom stereocenters. The molecule has 2 aromatic carbocycles. The molecule has 8 nitrogen and oxygen atoms in total. The van der Waals surface area contributed by atoms with Crippen molar-refractivity contribution in [2.75, 3.05) is 44.2 Å². The predicted octanol–water partition coefficient (Wildman–Crippen LogP) is 4.17. The van der Waals surface area contributed by atoms with E-state index in [4.69, 9.17) is 4.52 Å². The summed E-state index contributed by atoms with van der Waals surface area (Å²) in [5, 5.41) is 18.6. The van der Waals surface area contributed by atoms with Gasteiger partial charge in [-0.15, -0.1) is 0 Å². The maximum atomic E-state index is 11.2. The smallest absolute Gasteiger partial charge is 0.278 e. The quantitative estimate of drug-likeness (QED) is 0.298. The topological polar surface area (TPSA) is 87.7 Å². The summed E-state index contributed by atoms with van der Waals surface area (Å²) >= 11 is 0. The highest BCUT2D eigenvalue weighted by Crippen LogP contribution is 2.29. The van der Waals surface area contributed by atoms with Gasteiger partial charge in [0.15, 0.2) is 5.76 Å². The molecule has 1 saturated heterocycles. The molecule has 2 heterocycles. The Balaban J connectivity index is 1.17. The minimum atomic E-state index is -0.399. The summed E-state index contributed by atoms with van der Waals surface area (Å²) in [6, 6.07) is 15.0. The first-order chi connectivity index (χ1) is 16.0. The number of nitrogens with one attached hydrogen (secondary N) is 1. The fraction of sp³-hybridized carbons (Fsp3) is 0.400. The number of rotatable bonds is 9. The molecule has 33 heavy (non-hydrogen) atoms. The first kappa shape index (κ1) is 22.9. The van der Waals surface area contributed by atoms with E-state index in [9.17, 15) is 10.1 Å². The Labute approximate surface area is 194 Å². The lowest BCUT2D eigenvalue weighted by atomic mass is 10.1. The highest BCUT2D eigenvalue weighted by atomic mass is 16.6. The van der Waals surface area contributed by atoms with Gasteiger partial charge in [-0.2, -0.15) is 0 Å². The van der Waals surface area contributed by atoms with Crippen molar-refractivity contribution in [1.82, 2.24) is 15.4 Å². The van der Waals surface area contributed by atoms with Crippen molar-refractivity contribution in [1.29, 1.82) is 0 Å². The number of anilines is 1. The maximum Gasteiger partial charge on any atom is 0.278 e. The molecule has 1 aliphatic rings. The molecule has 1 aliphatic heterocycles. The lowest BCUT2D eigenvalue weighted by Crippen LogP contribution is -2.47. The number of para-hydroxylation sites is 1. The first-order valence-electron chi connectivity index (χ1n) is 11.5. The van der Waals surface area contributed by atoms with E-state index in [0.29, 0.717) is 23.6 Å². The van der Waals surface area contributed by atoms with E-state index < -0.39 is 4.92 Å². The molecule has 8 heteroatoms. The Morgan fingerprint density at radius 1 is 1.09 bits per heavy atom. The third-order valence-corrected chi connectivity index (χ3v) is 6.13. The van der Waals surface area contributed by atoms with E-state index in [-0.39, 0.29) is 5.69 Å². The Morgan fingerprint density at radius 2 is 1.88 bits per heavy atom. The molecule has 3 aromatic rings. The highest BCUT2D eigenvalue weighted by Gasteiger charge is 2.19. The van der Waals surface area contributed by atoms with Gasteiger partial charge in [0.05, 0.1) is 17.0 Å². The second kappa shape index (κ2) is 10.6. The summed E-state index contributed by atoms with van der Waals surface area (Å²) in [6.07, 6.45) is 1.05. The molecule has 1 fully saturated rings. The molecular weight excluding hydrogens is 418 g/mol. The van der Waals surface area contributed by atoms with Crippen LogP contribution < -0.4 is 10.2 Å². The summed E-state index contributed by atoms with van der Waals surface area (Å²) in [5.41, 5.74) is 5.01. The van der Waals surface area contributed by atoms with Gasteiger partial charge in [0.2, 0.25) is 0 Å². The lowest BCUT2D eigenvalue weighted by Gasteiger charge is -2.37. The Kier molecular flexibility index (Phi) is 7.36. The molecule has 4 rings (SSSR count). The zero-order valence-corrected chi connectivity index (χ0v) is 19.3. The highest BCUT2D eigenvalue weighted by molar-refractivity contribution is 5.70. The summed E-state index contributed by atoms with van der Waals surface area (Å²) < 4.78 is 5.37. The zero-order chi connectivity index (χ0) is 23.2. The van der Waals surface area contributed by atoms with Gasteiger partial charge >= 0.3 is 0 Å². The van der Waals surface area contributed by atoms with Crippen LogP contribution in [0.25, 0.3) is 11.3 Å². The summed E-state index contributed by atoms with van der Waals surface area (Å²) in [5.74, 6) is 0.672. The second-order valence-electron chi connectivity index (χ2n) is 8.60. The van der Waals surface area contributed by atoms with Gasteiger partial charge in [-0.3, -0.25) is 15.0 Å². The van der Waals surface area contributed by atoms with Crippen LogP contribution in [0, 0.1) is 24.0 Å². The summed E-state index contributed by atoms with van der Waals surface area (Å²) in [6.45, 7) is 11.1. The van der Waals surface area contributed by atoms with Crippen molar-refractivity contribution >= 4 is 11.4 Å². The van der Waals surface area contributed by atoms with Gasteiger partial charge in [-0.25, -0.2) is 0 Å². The molecule has 1 aromatic heterocycles. The largest absolute Gasteiger partial charge is 0.369 e. The fourth-order valence-corrected chi connectivity index (χ4v) is 4.38. The van der Waals surface area contributed by atoms with Crippen molar-refractivity contribution in [2.24, 2.45) is 0 Å². The standard InChI is InChI=1S/C25H31N5O3/c1-19-8-9-24(20(2)16-19)29-14-12-28(13-15-29)11-5-10-26-18-21-17-23(27-33-21)22-6-3-4-7-25(22)30(31)32/h3-4,6-9,16-17,26H,5,10-15,18H2,1-2H3. The molecule has 0 bridgehead atoms.